The van der Waals surface area contributed by atoms with Gasteiger partial charge in [-0.1, -0.05) is 80.4 Å². The number of piperidine rings is 1. The lowest BCUT2D eigenvalue weighted by atomic mass is 9.66. The third-order valence-corrected chi connectivity index (χ3v) is 7.59. The van der Waals surface area contributed by atoms with Crippen LogP contribution in [0.4, 0.5) is 0 Å². The largest absolute Gasteiger partial charge is 0.326 e. The van der Waals surface area contributed by atoms with Crippen LogP contribution in [0.3, 0.4) is 0 Å². The number of halogens is 2. The molecule has 1 aliphatic rings. The fourth-order valence-corrected chi connectivity index (χ4v) is 5.88. The zero-order chi connectivity index (χ0) is 25.2. The average molecular weight is 508 g/mol. The van der Waals surface area contributed by atoms with Crippen LogP contribution < -0.4 is 0 Å². The van der Waals surface area contributed by atoms with Gasteiger partial charge in [-0.15, -0.1) is 6.58 Å². The normalized spacial score (nSPS) is 23.4. The highest BCUT2D eigenvalue weighted by Gasteiger charge is 2.52. The minimum absolute atomic E-state index is 0.0301. The maximum atomic E-state index is 14.4. The summed E-state index contributed by atoms with van der Waals surface area (Å²) < 4.78 is 0. The molecular weight excluding hydrogens is 475 g/mol. The lowest BCUT2D eigenvalue weighted by Gasteiger charge is -2.52. The molecule has 0 saturated carbocycles. The lowest BCUT2D eigenvalue weighted by molar-refractivity contribution is -0.156. The first-order valence-corrected chi connectivity index (χ1v) is 12.9. The number of likely N-dealkylation sites (tertiary alicyclic amines) is 1. The van der Waals surface area contributed by atoms with E-state index in [0.717, 1.165) is 16.8 Å². The summed E-state index contributed by atoms with van der Waals surface area (Å²) in [5.74, 6) is 0.303. The number of nitrogens with zero attached hydrogens (tertiary/aromatic N) is 2. The number of carbonyl (C=O) groups is 1. The Morgan fingerprint density at radius 1 is 1.06 bits per heavy atom. The van der Waals surface area contributed by atoms with Crippen molar-refractivity contribution in [2.45, 2.75) is 51.6 Å². The molecule has 1 fully saturated rings. The van der Waals surface area contributed by atoms with E-state index in [2.05, 4.69) is 38.3 Å². The molecule has 2 heterocycles. The Bertz CT molecular complexity index is 1180. The van der Waals surface area contributed by atoms with Crippen LogP contribution >= 0.6 is 23.2 Å². The van der Waals surface area contributed by atoms with E-state index in [0.29, 0.717) is 22.9 Å². The molecule has 182 valence electrons. The molecule has 0 bridgehead atoms. The summed E-state index contributed by atoms with van der Waals surface area (Å²) in [5.41, 5.74) is 2.46. The van der Waals surface area contributed by atoms with E-state index in [9.17, 15) is 4.79 Å². The van der Waals surface area contributed by atoms with E-state index in [1.807, 2.05) is 66.7 Å². The van der Waals surface area contributed by atoms with Gasteiger partial charge in [-0.25, -0.2) is 0 Å². The summed E-state index contributed by atoms with van der Waals surface area (Å²) in [4.78, 5) is 21.2. The summed E-state index contributed by atoms with van der Waals surface area (Å²) in [7, 11) is 0. The molecule has 0 spiro atoms. The van der Waals surface area contributed by atoms with Crippen LogP contribution in [0.1, 0.15) is 68.4 Å². The van der Waals surface area contributed by atoms with Crippen LogP contribution in [-0.4, -0.2) is 15.8 Å². The zero-order valence-corrected chi connectivity index (χ0v) is 22.0. The van der Waals surface area contributed by atoms with Gasteiger partial charge in [-0.05, 0) is 66.3 Å². The Hall–Kier alpha value is -2.62. The number of amides is 1. The van der Waals surface area contributed by atoms with Gasteiger partial charge in [0.15, 0.2) is 0 Å². The van der Waals surface area contributed by atoms with Gasteiger partial charge in [0.25, 0.3) is 0 Å². The quantitative estimate of drug-likeness (QED) is 0.301. The van der Waals surface area contributed by atoms with E-state index in [4.69, 9.17) is 28.2 Å². The van der Waals surface area contributed by atoms with Crippen molar-refractivity contribution in [3.63, 3.8) is 0 Å². The smallest absolute Gasteiger partial charge is 0.229 e. The molecule has 0 radical (unpaired) electrons. The van der Waals surface area contributed by atoms with Crippen LogP contribution in [0.2, 0.25) is 10.0 Å². The number of hydrogen-bond donors (Lipinski definition) is 0. The molecule has 5 heteroatoms. The molecular formula is C30H32Cl2N2O. The Balaban J connectivity index is 1.97. The maximum absolute atomic E-state index is 14.4. The maximum Gasteiger partial charge on any atom is 0.229 e. The van der Waals surface area contributed by atoms with Crippen LogP contribution in [0, 0.1) is 11.3 Å². The van der Waals surface area contributed by atoms with Gasteiger partial charge in [0, 0.05) is 22.2 Å². The van der Waals surface area contributed by atoms with Crippen molar-refractivity contribution >= 4 is 29.1 Å². The molecule has 0 N–H and O–H groups in total. The molecule has 4 rings (SSSR count). The molecule has 4 atom stereocenters. The summed E-state index contributed by atoms with van der Waals surface area (Å²) in [6.45, 7) is 10.3. The highest BCUT2D eigenvalue weighted by Crippen LogP contribution is 2.54. The molecule has 1 unspecified atom stereocenters. The zero-order valence-electron chi connectivity index (χ0n) is 20.5. The third kappa shape index (κ3) is 5.17. The van der Waals surface area contributed by atoms with Gasteiger partial charge in [0.05, 0.1) is 23.2 Å². The second kappa shape index (κ2) is 10.6. The lowest BCUT2D eigenvalue weighted by Crippen LogP contribution is -2.54. The fourth-order valence-electron chi connectivity index (χ4n) is 5.55. The van der Waals surface area contributed by atoms with E-state index in [-0.39, 0.29) is 29.8 Å². The number of carbonyl (C=O) groups excluding carboxylic acids is 1. The molecule has 3 nitrogen and oxygen atoms in total. The van der Waals surface area contributed by atoms with Gasteiger partial charge in [-0.2, -0.15) is 0 Å². The van der Waals surface area contributed by atoms with E-state index >= 15 is 0 Å². The van der Waals surface area contributed by atoms with E-state index in [1.54, 1.807) is 6.20 Å². The van der Waals surface area contributed by atoms with E-state index < -0.39 is 5.41 Å². The second-order valence-corrected chi connectivity index (χ2v) is 10.9. The predicted molar refractivity (Wildman–Crippen MR) is 145 cm³/mol. The van der Waals surface area contributed by atoms with Crippen molar-refractivity contribution in [1.82, 2.24) is 9.88 Å². The molecule has 1 amide bonds. The number of pyridine rings is 1. The fraction of sp³-hybridized carbons (Fsp3) is 0.333. The van der Waals surface area contributed by atoms with Crippen LogP contribution in [0.15, 0.2) is 85.6 Å². The van der Waals surface area contributed by atoms with E-state index in [1.165, 1.54) is 0 Å². The predicted octanol–water partition coefficient (Wildman–Crippen LogP) is 8.43. The van der Waals surface area contributed by atoms with Crippen molar-refractivity contribution in [1.29, 1.82) is 0 Å². The Morgan fingerprint density at radius 3 is 2.40 bits per heavy atom. The highest BCUT2D eigenvalue weighted by molar-refractivity contribution is 6.30. The third-order valence-electron chi connectivity index (χ3n) is 7.11. The summed E-state index contributed by atoms with van der Waals surface area (Å²) >= 11 is 12.7. The Labute approximate surface area is 218 Å². The van der Waals surface area contributed by atoms with Gasteiger partial charge in [0.2, 0.25) is 5.91 Å². The van der Waals surface area contributed by atoms with Crippen molar-refractivity contribution in [2.75, 3.05) is 0 Å². The van der Waals surface area contributed by atoms with Gasteiger partial charge >= 0.3 is 0 Å². The molecule has 2 aromatic carbocycles. The number of benzene rings is 2. The van der Waals surface area contributed by atoms with Crippen molar-refractivity contribution in [3.8, 4) is 0 Å². The molecule has 0 aliphatic carbocycles. The number of hydrogen-bond acceptors (Lipinski definition) is 2. The van der Waals surface area contributed by atoms with Gasteiger partial charge < -0.3 is 4.90 Å². The SMILES string of the molecule is C=CC[C@@]1(C)C[C@H](c2cccc(Cl)c2)[C@@H](c2ccc(Cl)cc2)N(C(c2ccccn2)C(C)C)C1=O. The Kier molecular flexibility index (Phi) is 7.68. The van der Waals surface area contributed by atoms with Gasteiger partial charge in [0.1, 0.15) is 0 Å². The molecule has 1 saturated heterocycles. The van der Waals surface area contributed by atoms with Crippen molar-refractivity contribution in [2.24, 2.45) is 11.3 Å². The van der Waals surface area contributed by atoms with Crippen molar-refractivity contribution in [3.05, 3.63) is 112 Å². The summed E-state index contributed by atoms with van der Waals surface area (Å²) in [6.07, 6.45) is 4.95. The number of allylic oxidation sites excluding steroid dienone is 1. The monoisotopic (exact) mass is 506 g/mol. The van der Waals surface area contributed by atoms with Crippen LogP contribution in [0.5, 0.6) is 0 Å². The second-order valence-electron chi connectivity index (χ2n) is 10.1. The average Bonchev–Trinajstić information content (AvgIpc) is 2.83. The number of aromatic nitrogens is 1. The first-order valence-electron chi connectivity index (χ1n) is 12.1. The molecule has 3 aromatic rings. The summed E-state index contributed by atoms with van der Waals surface area (Å²) in [5, 5.41) is 1.36. The molecule has 1 aliphatic heterocycles. The molecule has 1 aromatic heterocycles. The number of rotatable bonds is 7. The minimum atomic E-state index is -0.598. The molecule has 35 heavy (non-hydrogen) atoms. The first kappa shape index (κ1) is 25.5. The highest BCUT2D eigenvalue weighted by atomic mass is 35.5. The van der Waals surface area contributed by atoms with Crippen LogP contribution in [0.25, 0.3) is 0 Å². The topological polar surface area (TPSA) is 33.2 Å². The minimum Gasteiger partial charge on any atom is -0.326 e. The summed E-state index contributed by atoms with van der Waals surface area (Å²) in [6, 6.07) is 21.4. The van der Waals surface area contributed by atoms with Gasteiger partial charge in [-0.3, -0.25) is 9.78 Å². The Morgan fingerprint density at radius 2 is 1.80 bits per heavy atom. The van der Waals surface area contributed by atoms with Crippen molar-refractivity contribution < 1.29 is 4.79 Å². The first-order chi connectivity index (χ1) is 16.7. The van der Waals surface area contributed by atoms with Crippen LogP contribution in [-0.2, 0) is 4.79 Å². The standard InChI is InChI=1S/C30H32Cl2N2O/c1-5-16-30(4)19-25(22-9-8-10-24(32)18-22)28(21-12-14-23(31)15-13-21)34(29(30)35)27(20(2)3)26-11-6-7-17-33-26/h5-15,17-18,20,25,27-28H,1,16,19H2,2-4H3/t25-,27?,28-,30+/m1/s1.